The molecule has 0 heterocycles. The summed E-state index contributed by atoms with van der Waals surface area (Å²) in [5, 5.41) is 0. The Morgan fingerprint density at radius 1 is 1.31 bits per heavy atom. The molecule has 0 aliphatic heterocycles. The van der Waals surface area contributed by atoms with Crippen LogP contribution in [0.1, 0.15) is 30.0 Å². The lowest BCUT2D eigenvalue weighted by Crippen LogP contribution is -1.85. The van der Waals surface area contributed by atoms with Gasteiger partial charge in [0.15, 0.2) is 0 Å². The molecule has 0 saturated heterocycles. The van der Waals surface area contributed by atoms with Crippen molar-refractivity contribution in [2.75, 3.05) is 0 Å². The Labute approximate surface area is 79.6 Å². The zero-order valence-electron chi connectivity index (χ0n) is 8.01. The molecule has 0 fully saturated rings. The maximum atomic E-state index is 4.10. The van der Waals surface area contributed by atoms with Crippen LogP contribution in [0.3, 0.4) is 0 Å². The van der Waals surface area contributed by atoms with E-state index in [0.29, 0.717) is 0 Å². The number of fused-ring (bicyclic) bond motifs is 1. The Bertz CT molecular complexity index is 370. The van der Waals surface area contributed by atoms with Gasteiger partial charge in [0.25, 0.3) is 0 Å². The molecule has 66 valence electrons. The highest BCUT2D eigenvalue weighted by molar-refractivity contribution is 5.78. The molecule has 0 amide bonds. The van der Waals surface area contributed by atoms with E-state index in [-0.39, 0.29) is 0 Å². The molecule has 1 aromatic carbocycles. The standard InChI is InChI=1S/C13H14/c1-3-5-11-6-4-7-12-9-8-10(2)13(11)12/h3-7H,2,8-9H2,1H3. The summed E-state index contributed by atoms with van der Waals surface area (Å²) < 4.78 is 0. The average Bonchev–Trinajstić information content (AvgIpc) is 2.50. The second kappa shape index (κ2) is 3.21. The molecule has 0 unspecified atom stereocenters. The fourth-order valence-corrected chi connectivity index (χ4v) is 1.99. The Kier molecular flexibility index (Phi) is 2.05. The van der Waals surface area contributed by atoms with E-state index in [0.717, 1.165) is 6.42 Å². The summed E-state index contributed by atoms with van der Waals surface area (Å²) in [6, 6.07) is 6.50. The molecule has 0 saturated carbocycles. The van der Waals surface area contributed by atoms with Crippen LogP contribution in [0.15, 0.2) is 30.9 Å². The van der Waals surface area contributed by atoms with E-state index in [1.165, 1.54) is 28.7 Å². The van der Waals surface area contributed by atoms with Crippen molar-refractivity contribution >= 4 is 11.6 Å². The zero-order chi connectivity index (χ0) is 9.26. The number of rotatable bonds is 1. The van der Waals surface area contributed by atoms with Crippen molar-refractivity contribution < 1.29 is 0 Å². The van der Waals surface area contributed by atoms with Gasteiger partial charge in [0.05, 0.1) is 0 Å². The van der Waals surface area contributed by atoms with E-state index in [1.807, 2.05) is 0 Å². The summed E-state index contributed by atoms with van der Waals surface area (Å²) in [6.45, 7) is 6.16. The summed E-state index contributed by atoms with van der Waals surface area (Å²) >= 11 is 0. The molecule has 2 rings (SSSR count). The first-order valence-corrected chi connectivity index (χ1v) is 4.75. The monoisotopic (exact) mass is 170 g/mol. The highest BCUT2D eigenvalue weighted by atomic mass is 14.2. The van der Waals surface area contributed by atoms with Crippen LogP contribution in [-0.4, -0.2) is 0 Å². The molecular weight excluding hydrogens is 156 g/mol. The van der Waals surface area contributed by atoms with E-state index < -0.39 is 0 Å². The average molecular weight is 170 g/mol. The highest BCUT2D eigenvalue weighted by Gasteiger charge is 2.15. The van der Waals surface area contributed by atoms with Gasteiger partial charge in [0.2, 0.25) is 0 Å². The third-order valence-electron chi connectivity index (χ3n) is 2.58. The van der Waals surface area contributed by atoms with Gasteiger partial charge in [-0.25, -0.2) is 0 Å². The van der Waals surface area contributed by atoms with Gasteiger partial charge in [-0.2, -0.15) is 0 Å². The summed E-state index contributed by atoms with van der Waals surface area (Å²) in [4.78, 5) is 0. The van der Waals surface area contributed by atoms with E-state index in [9.17, 15) is 0 Å². The van der Waals surface area contributed by atoms with Crippen molar-refractivity contribution in [1.82, 2.24) is 0 Å². The minimum absolute atomic E-state index is 1.13. The Morgan fingerprint density at radius 2 is 2.15 bits per heavy atom. The first-order valence-electron chi connectivity index (χ1n) is 4.75. The fraction of sp³-hybridized carbons (Fsp3) is 0.231. The maximum Gasteiger partial charge on any atom is -0.0126 e. The molecule has 0 aromatic heterocycles. The van der Waals surface area contributed by atoms with Gasteiger partial charge in [-0.15, -0.1) is 0 Å². The predicted octanol–water partition coefficient (Wildman–Crippen LogP) is 3.68. The van der Waals surface area contributed by atoms with Gasteiger partial charge in [-0.3, -0.25) is 0 Å². The van der Waals surface area contributed by atoms with Gasteiger partial charge in [0, 0.05) is 0 Å². The minimum Gasteiger partial charge on any atom is -0.0952 e. The SMILES string of the molecule is C=C1CCc2cccc(C=CC)c21. The van der Waals surface area contributed by atoms with Gasteiger partial charge in [-0.05, 0) is 42.0 Å². The third kappa shape index (κ3) is 1.33. The van der Waals surface area contributed by atoms with Crippen molar-refractivity contribution in [3.05, 3.63) is 47.5 Å². The summed E-state index contributed by atoms with van der Waals surface area (Å²) in [5.41, 5.74) is 5.47. The van der Waals surface area contributed by atoms with Crippen LogP contribution in [0.25, 0.3) is 11.6 Å². The molecule has 0 atom stereocenters. The number of hydrogen-bond acceptors (Lipinski definition) is 0. The van der Waals surface area contributed by atoms with E-state index in [1.54, 1.807) is 0 Å². The van der Waals surface area contributed by atoms with Crippen LogP contribution in [0.4, 0.5) is 0 Å². The molecule has 1 aliphatic rings. The largest absolute Gasteiger partial charge is 0.0952 e. The molecular formula is C13H14. The quantitative estimate of drug-likeness (QED) is 0.603. The second-order valence-corrected chi connectivity index (χ2v) is 3.48. The Morgan fingerprint density at radius 3 is 2.92 bits per heavy atom. The number of allylic oxidation sites excluding steroid dienone is 2. The van der Waals surface area contributed by atoms with Crippen LogP contribution in [-0.2, 0) is 6.42 Å². The van der Waals surface area contributed by atoms with Crippen molar-refractivity contribution in [3.63, 3.8) is 0 Å². The zero-order valence-corrected chi connectivity index (χ0v) is 8.01. The molecule has 0 spiro atoms. The normalized spacial score (nSPS) is 15.3. The Balaban J connectivity index is 2.59. The van der Waals surface area contributed by atoms with Gasteiger partial charge in [0.1, 0.15) is 0 Å². The van der Waals surface area contributed by atoms with E-state index in [2.05, 4.69) is 43.9 Å². The lowest BCUT2D eigenvalue weighted by molar-refractivity contribution is 1.08. The second-order valence-electron chi connectivity index (χ2n) is 3.48. The minimum atomic E-state index is 1.13. The van der Waals surface area contributed by atoms with Gasteiger partial charge >= 0.3 is 0 Å². The number of hydrogen-bond donors (Lipinski definition) is 0. The van der Waals surface area contributed by atoms with Crippen molar-refractivity contribution in [3.8, 4) is 0 Å². The van der Waals surface area contributed by atoms with Gasteiger partial charge in [-0.1, -0.05) is 36.9 Å². The lowest BCUT2D eigenvalue weighted by Gasteiger charge is -2.04. The maximum absolute atomic E-state index is 4.10. The molecule has 1 aliphatic carbocycles. The van der Waals surface area contributed by atoms with Crippen LogP contribution >= 0.6 is 0 Å². The molecule has 0 radical (unpaired) electrons. The molecule has 13 heavy (non-hydrogen) atoms. The molecule has 0 N–H and O–H groups in total. The van der Waals surface area contributed by atoms with Crippen molar-refractivity contribution in [2.45, 2.75) is 19.8 Å². The van der Waals surface area contributed by atoms with Crippen LogP contribution in [0, 0.1) is 0 Å². The highest BCUT2D eigenvalue weighted by Crippen LogP contribution is 2.33. The van der Waals surface area contributed by atoms with E-state index >= 15 is 0 Å². The smallest absolute Gasteiger partial charge is 0.0126 e. The molecule has 0 heteroatoms. The van der Waals surface area contributed by atoms with Crippen molar-refractivity contribution in [2.24, 2.45) is 0 Å². The number of aryl methyl sites for hydroxylation is 1. The summed E-state index contributed by atoms with van der Waals surface area (Å²) in [7, 11) is 0. The topological polar surface area (TPSA) is 0 Å². The van der Waals surface area contributed by atoms with Crippen molar-refractivity contribution in [1.29, 1.82) is 0 Å². The molecule has 0 nitrogen and oxygen atoms in total. The van der Waals surface area contributed by atoms with Crippen LogP contribution in [0.2, 0.25) is 0 Å². The lowest BCUT2D eigenvalue weighted by atomic mass is 10.0. The molecule has 0 bridgehead atoms. The summed E-state index contributed by atoms with van der Waals surface area (Å²) in [6.07, 6.45) is 6.54. The first kappa shape index (κ1) is 8.31. The van der Waals surface area contributed by atoms with Crippen LogP contribution in [0.5, 0.6) is 0 Å². The number of benzene rings is 1. The van der Waals surface area contributed by atoms with Crippen LogP contribution < -0.4 is 0 Å². The fourth-order valence-electron chi connectivity index (χ4n) is 1.99. The third-order valence-corrected chi connectivity index (χ3v) is 2.58. The van der Waals surface area contributed by atoms with E-state index in [4.69, 9.17) is 0 Å². The predicted molar refractivity (Wildman–Crippen MR) is 58.5 cm³/mol. The first-order chi connectivity index (χ1) is 6.33. The Hall–Kier alpha value is -1.30. The molecule has 1 aromatic rings. The van der Waals surface area contributed by atoms with Gasteiger partial charge < -0.3 is 0 Å². The summed E-state index contributed by atoms with van der Waals surface area (Å²) in [5.74, 6) is 0.